The van der Waals surface area contributed by atoms with Gasteiger partial charge in [-0.1, -0.05) is 12.1 Å². The molecule has 5 atom stereocenters. The molecular formula is C21H20O10. The lowest BCUT2D eigenvalue weighted by atomic mass is 10.00. The fraction of sp³-hybridized carbons (Fsp3) is 0.286. The predicted octanol–water partition coefficient (Wildman–Crippen LogP) is 0.783. The number of ether oxygens (including phenoxy) is 2. The molecule has 1 saturated heterocycles. The van der Waals surface area contributed by atoms with E-state index in [-0.39, 0.29) is 33.8 Å². The zero-order chi connectivity index (χ0) is 22.4. The summed E-state index contributed by atoms with van der Waals surface area (Å²) in [6.45, 7) is 1.51. The fourth-order valence-corrected chi connectivity index (χ4v) is 3.43. The Morgan fingerprint density at radius 3 is 2.45 bits per heavy atom. The lowest BCUT2D eigenvalue weighted by Crippen LogP contribution is -2.58. The van der Waals surface area contributed by atoms with Crippen molar-refractivity contribution in [1.29, 1.82) is 0 Å². The third-order valence-corrected chi connectivity index (χ3v) is 5.09. The highest BCUT2D eigenvalue weighted by Crippen LogP contribution is 2.36. The summed E-state index contributed by atoms with van der Waals surface area (Å²) in [6, 6.07) is 8.02. The van der Waals surface area contributed by atoms with Gasteiger partial charge in [0.05, 0.1) is 6.10 Å². The van der Waals surface area contributed by atoms with Gasteiger partial charge in [0.1, 0.15) is 46.5 Å². The van der Waals surface area contributed by atoms with Gasteiger partial charge in [0.15, 0.2) is 5.76 Å². The van der Waals surface area contributed by atoms with Crippen molar-refractivity contribution in [2.24, 2.45) is 0 Å². The van der Waals surface area contributed by atoms with Gasteiger partial charge in [0.2, 0.25) is 17.5 Å². The number of benzene rings is 2. The molecule has 0 spiro atoms. The normalized spacial score (nSPS) is 26.1. The minimum absolute atomic E-state index is 0.140. The summed E-state index contributed by atoms with van der Waals surface area (Å²) in [5.74, 6) is -1.71. The van der Waals surface area contributed by atoms with Crippen LogP contribution in [0.5, 0.6) is 23.0 Å². The minimum Gasteiger partial charge on any atom is -0.508 e. The third-order valence-electron chi connectivity index (χ3n) is 5.09. The van der Waals surface area contributed by atoms with E-state index in [0.29, 0.717) is 0 Å². The number of aromatic hydroxyl groups is 3. The summed E-state index contributed by atoms with van der Waals surface area (Å²) in [6.07, 6.45) is -6.35. The molecule has 0 radical (unpaired) electrons. The van der Waals surface area contributed by atoms with Crippen LogP contribution in [0.25, 0.3) is 22.3 Å². The highest BCUT2D eigenvalue weighted by Gasteiger charge is 2.43. The monoisotopic (exact) mass is 432 g/mol. The van der Waals surface area contributed by atoms with Crippen LogP contribution < -0.4 is 10.2 Å². The van der Waals surface area contributed by atoms with Crippen LogP contribution >= 0.6 is 0 Å². The average molecular weight is 432 g/mol. The van der Waals surface area contributed by atoms with Gasteiger partial charge in [0, 0.05) is 17.7 Å². The molecule has 1 aliphatic heterocycles. The quantitative estimate of drug-likeness (QED) is 0.348. The number of hydrogen-bond acceptors (Lipinski definition) is 10. The number of hydrogen-bond donors (Lipinski definition) is 6. The summed E-state index contributed by atoms with van der Waals surface area (Å²) in [5, 5.41) is 59.5. The number of phenols is 2. The van der Waals surface area contributed by atoms with Gasteiger partial charge < -0.3 is 44.5 Å². The maximum atomic E-state index is 12.5. The second kappa shape index (κ2) is 7.75. The SMILES string of the molecule is C[C@H]1O[C@@H](Oc2cccc(-c3oc4cc(O)cc(O)c4c(=O)c3O)c2)[C@H](O)[C@H](O)[C@H]1O. The van der Waals surface area contributed by atoms with Gasteiger partial charge in [-0.3, -0.25) is 4.79 Å². The maximum absolute atomic E-state index is 12.5. The van der Waals surface area contributed by atoms with Crippen LogP contribution in [0.1, 0.15) is 6.92 Å². The topological polar surface area (TPSA) is 170 Å². The van der Waals surface area contributed by atoms with Gasteiger partial charge in [-0.2, -0.15) is 0 Å². The van der Waals surface area contributed by atoms with Crippen molar-refractivity contribution in [1.82, 2.24) is 0 Å². The highest BCUT2D eigenvalue weighted by atomic mass is 16.7. The standard InChI is InChI=1S/C21H20O10/c1-8-15(24)17(26)19(28)21(29-8)30-11-4-2-3-9(5-11)20-18(27)16(25)14-12(23)6-10(22)7-13(14)31-20/h2-8,15,17,19,21-24,26-28H,1H3/t8-,15+,17-,19-,21+/m1/s1. The van der Waals surface area contributed by atoms with E-state index >= 15 is 0 Å². The lowest BCUT2D eigenvalue weighted by Gasteiger charge is -2.38. The van der Waals surface area contributed by atoms with Crippen molar-refractivity contribution < 1.29 is 44.5 Å². The van der Waals surface area contributed by atoms with E-state index in [9.17, 15) is 35.4 Å². The summed E-state index contributed by atoms with van der Waals surface area (Å²) in [4.78, 5) is 12.5. The largest absolute Gasteiger partial charge is 0.508 e. The maximum Gasteiger partial charge on any atom is 0.238 e. The van der Waals surface area contributed by atoms with Crippen LogP contribution in [0.2, 0.25) is 0 Å². The molecule has 6 N–H and O–H groups in total. The van der Waals surface area contributed by atoms with Crippen LogP contribution in [0.15, 0.2) is 45.6 Å². The molecule has 0 unspecified atom stereocenters. The second-order valence-corrected chi connectivity index (χ2v) is 7.27. The second-order valence-electron chi connectivity index (χ2n) is 7.27. The molecule has 164 valence electrons. The molecule has 10 nitrogen and oxygen atoms in total. The molecule has 2 aromatic carbocycles. The van der Waals surface area contributed by atoms with Gasteiger partial charge in [-0.25, -0.2) is 0 Å². The van der Waals surface area contributed by atoms with Crippen LogP contribution in [0.4, 0.5) is 0 Å². The van der Waals surface area contributed by atoms with E-state index < -0.39 is 47.6 Å². The van der Waals surface area contributed by atoms with Crippen molar-refractivity contribution in [2.75, 3.05) is 0 Å². The Morgan fingerprint density at radius 2 is 1.71 bits per heavy atom. The smallest absolute Gasteiger partial charge is 0.238 e. The van der Waals surface area contributed by atoms with Crippen LogP contribution in [0.3, 0.4) is 0 Å². The number of aliphatic hydroxyl groups is 3. The van der Waals surface area contributed by atoms with E-state index in [1.165, 1.54) is 31.2 Å². The first-order valence-electron chi connectivity index (χ1n) is 9.36. The van der Waals surface area contributed by atoms with Crippen LogP contribution in [-0.4, -0.2) is 61.3 Å². The molecule has 1 fully saturated rings. The van der Waals surface area contributed by atoms with Crippen molar-refractivity contribution in [3.63, 3.8) is 0 Å². The average Bonchev–Trinajstić information content (AvgIpc) is 2.72. The molecule has 0 aliphatic carbocycles. The van der Waals surface area contributed by atoms with Gasteiger partial charge >= 0.3 is 0 Å². The molecule has 10 heteroatoms. The molecule has 4 rings (SSSR count). The van der Waals surface area contributed by atoms with E-state index in [1.807, 2.05) is 0 Å². The zero-order valence-corrected chi connectivity index (χ0v) is 16.2. The first-order valence-corrected chi connectivity index (χ1v) is 9.36. The molecule has 0 amide bonds. The Bertz CT molecular complexity index is 1190. The Labute approximate surface area is 174 Å². The van der Waals surface area contributed by atoms with Crippen LogP contribution in [-0.2, 0) is 4.74 Å². The summed E-state index contributed by atoms with van der Waals surface area (Å²) in [7, 11) is 0. The first kappa shape index (κ1) is 20.9. The summed E-state index contributed by atoms with van der Waals surface area (Å²) >= 11 is 0. The first-order chi connectivity index (χ1) is 14.7. The Hall–Kier alpha value is -3.31. The van der Waals surface area contributed by atoms with Crippen LogP contribution in [0, 0.1) is 0 Å². The number of aliphatic hydroxyl groups excluding tert-OH is 3. The molecule has 0 saturated carbocycles. The predicted molar refractivity (Wildman–Crippen MR) is 106 cm³/mol. The number of fused-ring (bicyclic) bond motifs is 1. The highest BCUT2D eigenvalue weighted by molar-refractivity contribution is 5.88. The Morgan fingerprint density at radius 1 is 0.968 bits per heavy atom. The molecule has 0 bridgehead atoms. The Kier molecular flexibility index (Phi) is 5.23. The fourth-order valence-electron chi connectivity index (χ4n) is 3.43. The van der Waals surface area contributed by atoms with Gasteiger partial charge in [0.25, 0.3) is 0 Å². The van der Waals surface area contributed by atoms with E-state index in [4.69, 9.17) is 13.9 Å². The van der Waals surface area contributed by atoms with E-state index in [1.54, 1.807) is 0 Å². The van der Waals surface area contributed by atoms with E-state index in [0.717, 1.165) is 12.1 Å². The van der Waals surface area contributed by atoms with Gasteiger partial charge in [-0.05, 0) is 19.1 Å². The molecule has 2 heterocycles. The third kappa shape index (κ3) is 3.66. The molecule has 1 aromatic heterocycles. The Balaban J connectivity index is 1.71. The molecular weight excluding hydrogens is 412 g/mol. The van der Waals surface area contributed by atoms with Crippen molar-refractivity contribution in [2.45, 2.75) is 37.6 Å². The number of phenolic OH excluding ortho intramolecular Hbond substituents is 2. The summed E-state index contributed by atoms with van der Waals surface area (Å²) < 4.78 is 16.5. The molecule has 31 heavy (non-hydrogen) atoms. The molecule has 3 aromatic rings. The van der Waals surface area contributed by atoms with Gasteiger partial charge in [-0.15, -0.1) is 0 Å². The lowest BCUT2D eigenvalue weighted by molar-refractivity contribution is -0.268. The van der Waals surface area contributed by atoms with E-state index in [2.05, 4.69) is 0 Å². The summed E-state index contributed by atoms with van der Waals surface area (Å²) in [5.41, 5.74) is -0.814. The number of rotatable bonds is 3. The zero-order valence-electron chi connectivity index (χ0n) is 16.2. The minimum atomic E-state index is -1.52. The van der Waals surface area contributed by atoms with Crippen molar-refractivity contribution in [3.05, 3.63) is 46.6 Å². The van der Waals surface area contributed by atoms with Crippen molar-refractivity contribution in [3.8, 4) is 34.3 Å². The van der Waals surface area contributed by atoms with Crippen molar-refractivity contribution >= 4 is 11.0 Å². The molecule has 1 aliphatic rings.